The normalized spacial score (nSPS) is 24.4. The Hall–Kier alpha value is -0.870. The van der Waals surface area contributed by atoms with Crippen LogP contribution in [0.1, 0.15) is 31.4 Å². The molecule has 1 aliphatic rings. The fourth-order valence-corrected chi connectivity index (χ4v) is 2.28. The number of carbonyl (C=O) groups excluding carboxylic acids is 1. The highest BCUT2D eigenvalue weighted by Gasteiger charge is 2.25. The Kier molecular flexibility index (Phi) is 4.18. The molecule has 1 aromatic carbocycles. The van der Waals surface area contributed by atoms with E-state index in [0.717, 1.165) is 22.9 Å². The Bertz CT molecular complexity index is 388. The maximum Gasteiger partial charge on any atom is 0.302 e. The van der Waals surface area contributed by atoms with E-state index >= 15 is 0 Å². The van der Waals surface area contributed by atoms with Crippen LogP contribution in [0.4, 0.5) is 0 Å². The first-order valence-corrected chi connectivity index (χ1v) is 6.49. The molecule has 0 aliphatic carbocycles. The highest BCUT2D eigenvalue weighted by Crippen LogP contribution is 2.30. The van der Waals surface area contributed by atoms with Crippen LogP contribution >= 0.6 is 15.9 Å². The minimum atomic E-state index is -0.216. The first-order valence-electron chi connectivity index (χ1n) is 5.69. The predicted molar refractivity (Wildman–Crippen MR) is 67.6 cm³/mol. The van der Waals surface area contributed by atoms with Crippen molar-refractivity contribution in [2.24, 2.45) is 0 Å². The van der Waals surface area contributed by atoms with Crippen LogP contribution in [-0.4, -0.2) is 18.7 Å². The smallest absolute Gasteiger partial charge is 0.302 e. The number of halogens is 1. The lowest BCUT2D eigenvalue weighted by molar-refractivity contribution is -0.153. The number of carbonyl (C=O) groups is 1. The summed E-state index contributed by atoms with van der Waals surface area (Å²) in [4.78, 5) is 10.9. The molecule has 17 heavy (non-hydrogen) atoms. The molecule has 4 heteroatoms. The number of ether oxygens (including phenoxy) is 2. The third-order valence-corrected chi connectivity index (χ3v) is 3.34. The van der Waals surface area contributed by atoms with E-state index in [1.165, 1.54) is 6.92 Å². The minimum absolute atomic E-state index is 0.0186. The first-order chi connectivity index (χ1) is 8.15. The largest absolute Gasteiger partial charge is 0.462 e. The van der Waals surface area contributed by atoms with Crippen LogP contribution in [0.5, 0.6) is 0 Å². The van der Waals surface area contributed by atoms with Gasteiger partial charge >= 0.3 is 5.97 Å². The van der Waals surface area contributed by atoms with E-state index in [1.807, 2.05) is 24.3 Å². The van der Waals surface area contributed by atoms with Crippen LogP contribution in [0.3, 0.4) is 0 Å². The molecule has 92 valence electrons. The van der Waals surface area contributed by atoms with Crippen molar-refractivity contribution in [3.63, 3.8) is 0 Å². The molecule has 0 saturated carbocycles. The molecule has 3 nitrogen and oxygen atoms in total. The van der Waals surface area contributed by atoms with Crippen LogP contribution in [0.25, 0.3) is 0 Å². The molecule has 1 aromatic rings. The molecular weight excluding hydrogens is 284 g/mol. The molecule has 2 atom stereocenters. The number of rotatable bonds is 2. The molecule has 0 N–H and O–H groups in total. The van der Waals surface area contributed by atoms with E-state index in [4.69, 9.17) is 9.47 Å². The van der Waals surface area contributed by atoms with Crippen molar-refractivity contribution < 1.29 is 14.3 Å². The van der Waals surface area contributed by atoms with Gasteiger partial charge < -0.3 is 9.47 Å². The molecule has 0 amide bonds. The van der Waals surface area contributed by atoms with Gasteiger partial charge in [0.15, 0.2) is 0 Å². The summed E-state index contributed by atoms with van der Waals surface area (Å²) >= 11 is 3.40. The van der Waals surface area contributed by atoms with Crippen molar-refractivity contribution in [2.75, 3.05) is 6.61 Å². The van der Waals surface area contributed by atoms with Crippen molar-refractivity contribution in [2.45, 2.75) is 32.0 Å². The molecule has 0 radical (unpaired) electrons. The number of esters is 1. The van der Waals surface area contributed by atoms with E-state index in [-0.39, 0.29) is 18.2 Å². The van der Waals surface area contributed by atoms with Gasteiger partial charge in [-0.25, -0.2) is 0 Å². The van der Waals surface area contributed by atoms with Gasteiger partial charge in [0.2, 0.25) is 0 Å². The Morgan fingerprint density at radius 2 is 2.12 bits per heavy atom. The summed E-state index contributed by atoms with van der Waals surface area (Å²) in [5.41, 5.74) is 1.13. The van der Waals surface area contributed by atoms with Gasteiger partial charge in [0.25, 0.3) is 0 Å². The summed E-state index contributed by atoms with van der Waals surface area (Å²) in [6.07, 6.45) is 1.53. The number of hydrogen-bond acceptors (Lipinski definition) is 3. The molecule has 1 aliphatic heterocycles. The fraction of sp³-hybridized carbons (Fsp3) is 0.462. The number of benzene rings is 1. The molecule has 2 rings (SSSR count). The van der Waals surface area contributed by atoms with E-state index in [1.54, 1.807) is 0 Å². The van der Waals surface area contributed by atoms with Gasteiger partial charge in [-0.2, -0.15) is 0 Å². The molecule has 0 aromatic heterocycles. The third-order valence-electron chi connectivity index (χ3n) is 2.81. The monoisotopic (exact) mass is 298 g/mol. The highest BCUT2D eigenvalue weighted by atomic mass is 79.9. The SMILES string of the molecule is CC(=O)OC1CCOC(c2ccc(Br)cc2)C1. The second-order valence-corrected chi connectivity index (χ2v) is 5.08. The second kappa shape index (κ2) is 5.65. The standard InChI is InChI=1S/C13H15BrO3/c1-9(15)17-12-6-7-16-13(8-12)10-2-4-11(14)5-3-10/h2-5,12-13H,6-8H2,1H3. The van der Waals surface area contributed by atoms with Gasteiger partial charge in [0.05, 0.1) is 12.7 Å². The topological polar surface area (TPSA) is 35.5 Å². The molecule has 2 unspecified atom stereocenters. The summed E-state index contributed by atoms with van der Waals surface area (Å²) in [6, 6.07) is 8.05. The third kappa shape index (κ3) is 3.54. The van der Waals surface area contributed by atoms with E-state index in [2.05, 4.69) is 15.9 Å². The van der Waals surface area contributed by atoms with Gasteiger partial charge in [-0.15, -0.1) is 0 Å². The Balaban J connectivity index is 2.01. The maximum atomic E-state index is 10.9. The molecule has 0 spiro atoms. The van der Waals surface area contributed by atoms with Crippen LogP contribution in [0.15, 0.2) is 28.7 Å². The zero-order valence-corrected chi connectivity index (χ0v) is 11.3. The molecule has 1 saturated heterocycles. The lowest BCUT2D eigenvalue weighted by Crippen LogP contribution is -2.27. The predicted octanol–water partition coefficient (Wildman–Crippen LogP) is 3.23. The van der Waals surface area contributed by atoms with Gasteiger partial charge in [-0.1, -0.05) is 28.1 Å². The first kappa shape index (κ1) is 12.6. The molecule has 1 heterocycles. The lowest BCUT2D eigenvalue weighted by atomic mass is 9.99. The average molecular weight is 299 g/mol. The van der Waals surface area contributed by atoms with Crippen molar-refractivity contribution >= 4 is 21.9 Å². The van der Waals surface area contributed by atoms with Crippen LogP contribution in [0.2, 0.25) is 0 Å². The Labute approximate surface area is 109 Å². The maximum absolute atomic E-state index is 10.9. The van der Waals surface area contributed by atoms with Crippen molar-refractivity contribution in [1.82, 2.24) is 0 Å². The Morgan fingerprint density at radius 1 is 1.41 bits per heavy atom. The summed E-state index contributed by atoms with van der Waals surface area (Å²) in [7, 11) is 0. The van der Waals surface area contributed by atoms with Crippen molar-refractivity contribution in [1.29, 1.82) is 0 Å². The van der Waals surface area contributed by atoms with E-state index in [0.29, 0.717) is 6.61 Å². The van der Waals surface area contributed by atoms with Crippen LogP contribution in [-0.2, 0) is 14.3 Å². The van der Waals surface area contributed by atoms with Gasteiger partial charge in [-0.05, 0) is 17.7 Å². The average Bonchev–Trinajstić information content (AvgIpc) is 2.29. The lowest BCUT2D eigenvalue weighted by Gasteiger charge is -2.29. The summed E-state index contributed by atoms with van der Waals surface area (Å²) < 4.78 is 12.0. The fourth-order valence-electron chi connectivity index (χ4n) is 2.02. The highest BCUT2D eigenvalue weighted by molar-refractivity contribution is 9.10. The molecular formula is C13H15BrO3. The minimum Gasteiger partial charge on any atom is -0.462 e. The van der Waals surface area contributed by atoms with E-state index in [9.17, 15) is 4.79 Å². The zero-order valence-electron chi connectivity index (χ0n) is 9.69. The van der Waals surface area contributed by atoms with Crippen molar-refractivity contribution in [3.8, 4) is 0 Å². The van der Waals surface area contributed by atoms with Gasteiger partial charge in [-0.3, -0.25) is 4.79 Å². The number of hydrogen-bond donors (Lipinski definition) is 0. The van der Waals surface area contributed by atoms with E-state index < -0.39 is 0 Å². The quantitative estimate of drug-likeness (QED) is 0.787. The van der Waals surface area contributed by atoms with Crippen molar-refractivity contribution in [3.05, 3.63) is 34.3 Å². The van der Waals surface area contributed by atoms with Crippen LogP contribution < -0.4 is 0 Å². The Morgan fingerprint density at radius 3 is 2.76 bits per heavy atom. The second-order valence-electron chi connectivity index (χ2n) is 4.17. The van der Waals surface area contributed by atoms with Gasteiger partial charge in [0, 0.05) is 24.2 Å². The van der Waals surface area contributed by atoms with Gasteiger partial charge in [0.1, 0.15) is 6.10 Å². The molecule has 1 fully saturated rings. The summed E-state index contributed by atoms with van der Waals surface area (Å²) in [6.45, 7) is 2.09. The summed E-state index contributed by atoms with van der Waals surface area (Å²) in [5.74, 6) is -0.216. The zero-order chi connectivity index (χ0) is 12.3. The summed E-state index contributed by atoms with van der Waals surface area (Å²) in [5, 5.41) is 0. The molecule has 0 bridgehead atoms. The van der Waals surface area contributed by atoms with Crippen LogP contribution in [0, 0.1) is 0 Å².